The fourth-order valence-corrected chi connectivity index (χ4v) is 1.57. The molecule has 1 saturated heterocycles. The van der Waals surface area contributed by atoms with Gasteiger partial charge in [0.2, 0.25) is 5.91 Å². The molecule has 0 radical (unpaired) electrons. The summed E-state index contributed by atoms with van der Waals surface area (Å²) in [6.07, 6.45) is 0. The van der Waals surface area contributed by atoms with Crippen molar-refractivity contribution in [1.29, 1.82) is 0 Å². The maximum absolute atomic E-state index is 11.1. The van der Waals surface area contributed by atoms with Crippen molar-refractivity contribution < 1.29 is 4.79 Å². The summed E-state index contributed by atoms with van der Waals surface area (Å²) in [5.41, 5.74) is 0. The summed E-state index contributed by atoms with van der Waals surface area (Å²) in [7, 11) is 0. The zero-order valence-corrected chi connectivity index (χ0v) is 8.29. The molecule has 0 aliphatic carbocycles. The lowest BCUT2D eigenvalue weighted by atomic mass is 10.3. The molecule has 0 aromatic carbocycles. The molecule has 1 aliphatic rings. The number of nitrogens with zero attached hydrogens (tertiary/aromatic N) is 2. The number of hydrogen-bond donors (Lipinski definition) is 1. The molecule has 1 fully saturated rings. The Morgan fingerprint density at radius 1 is 1.50 bits per heavy atom. The van der Waals surface area contributed by atoms with Gasteiger partial charge in [-0.1, -0.05) is 17.7 Å². The highest BCUT2D eigenvalue weighted by Gasteiger charge is 2.17. The van der Waals surface area contributed by atoms with Gasteiger partial charge in [-0.05, 0) is 12.1 Å². The summed E-state index contributed by atoms with van der Waals surface area (Å²) in [5.74, 6) is 0.783. The van der Waals surface area contributed by atoms with Crippen molar-refractivity contribution in [2.75, 3.05) is 24.5 Å². The number of amides is 1. The van der Waals surface area contributed by atoms with Crippen LogP contribution in [0.5, 0.6) is 0 Å². The van der Waals surface area contributed by atoms with E-state index in [-0.39, 0.29) is 5.91 Å². The Hall–Kier alpha value is -1.29. The minimum Gasteiger partial charge on any atom is -0.353 e. The molecule has 1 N–H and O–H groups in total. The van der Waals surface area contributed by atoms with Crippen LogP contribution in [0.4, 0.5) is 5.82 Å². The molecule has 74 valence electrons. The molecule has 0 unspecified atom stereocenters. The predicted molar refractivity (Wildman–Crippen MR) is 54.5 cm³/mol. The number of pyridine rings is 1. The van der Waals surface area contributed by atoms with Gasteiger partial charge in [0.05, 0.1) is 6.54 Å². The maximum Gasteiger partial charge on any atom is 0.239 e. The lowest BCUT2D eigenvalue weighted by Gasteiger charge is -2.27. The molecular weight excluding hydrogens is 202 g/mol. The van der Waals surface area contributed by atoms with Crippen molar-refractivity contribution in [3.63, 3.8) is 0 Å². The van der Waals surface area contributed by atoms with E-state index in [1.807, 2.05) is 17.0 Å². The number of piperazine rings is 1. The van der Waals surface area contributed by atoms with Crippen LogP contribution in [0.15, 0.2) is 18.2 Å². The van der Waals surface area contributed by atoms with E-state index in [0.29, 0.717) is 18.2 Å². The molecule has 1 aromatic heterocycles. The third-order valence-electron chi connectivity index (χ3n) is 2.06. The van der Waals surface area contributed by atoms with Gasteiger partial charge in [0.1, 0.15) is 11.0 Å². The largest absolute Gasteiger partial charge is 0.353 e. The highest BCUT2D eigenvalue weighted by Crippen LogP contribution is 2.14. The molecule has 14 heavy (non-hydrogen) atoms. The Morgan fingerprint density at radius 3 is 3.07 bits per heavy atom. The first-order chi connectivity index (χ1) is 6.75. The maximum atomic E-state index is 11.1. The summed E-state index contributed by atoms with van der Waals surface area (Å²) >= 11 is 5.76. The molecule has 1 amide bonds. The Labute approximate surface area is 86.9 Å². The second kappa shape index (κ2) is 3.84. The summed E-state index contributed by atoms with van der Waals surface area (Å²) in [6.45, 7) is 1.79. The summed E-state index contributed by atoms with van der Waals surface area (Å²) in [5, 5.41) is 3.21. The average molecular weight is 212 g/mol. The Bertz CT molecular complexity index is 356. The molecule has 2 rings (SSSR count). The Balaban J connectivity index is 2.17. The molecular formula is C9H10ClN3O. The Morgan fingerprint density at radius 2 is 2.36 bits per heavy atom. The Kier molecular flexibility index (Phi) is 2.54. The number of nitrogens with one attached hydrogen (secondary N) is 1. The SMILES string of the molecule is O=C1CN(c2cccc(Cl)n2)CCN1. The number of aromatic nitrogens is 1. The molecule has 0 atom stereocenters. The van der Waals surface area contributed by atoms with Gasteiger partial charge in [0, 0.05) is 13.1 Å². The monoisotopic (exact) mass is 211 g/mol. The van der Waals surface area contributed by atoms with Crippen LogP contribution < -0.4 is 10.2 Å². The highest BCUT2D eigenvalue weighted by molar-refractivity contribution is 6.29. The summed E-state index contributed by atoms with van der Waals surface area (Å²) in [6, 6.07) is 5.40. The van der Waals surface area contributed by atoms with Gasteiger partial charge in [0.25, 0.3) is 0 Å². The molecule has 0 spiro atoms. The smallest absolute Gasteiger partial charge is 0.239 e. The van der Waals surface area contributed by atoms with Gasteiger partial charge >= 0.3 is 0 Å². The van der Waals surface area contributed by atoms with E-state index >= 15 is 0 Å². The van der Waals surface area contributed by atoms with E-state index in [9.17, 15) is 4.79 Å². The second-order valence-corrected chi connectivity index (χ2v) is 3.48. The third-order valence-corrected chi connectivity index (χ3v) is 2.27. The van der Waals surface area contributed by atoms with Crippen LogP contribution in [-0.4, -0.2) is 30.5 Å². The molecule has 5 heteroatoms. The zero-order valence-electron chi connectivity index (χ0n) is 7.53. The van der Waals surface area contributed by atoms with Crippen LogP contribution in [-0.2, 0) is 4.79 Å². The number of halogens is 1. The fraction of sp³-hybridized carbons (Fsp3) is 0.333. The predicted octanol–water partition coefficient (Wildman–Crippen LogP) is 0.671. The molecule has 2 heterocycles. The first-order valence-corrected chi connectivity index (χ1v) is 4.78. The van der Waals surface area contributed by atoms with Gasteiger partial charge in [0.15, 0.2) is 0 Å². The van der Waals surface area contributed by atoms with Crippen molar-refractivity contribution in [2.24, 2.45) is 0 Å². The lowest BCUT2D eigenvalue weighted by Crippen LogP contribution is -2.48. The van der Waals surface area contributed by atoms with Crippen LogP contribution in [0.3, 0.4) is 0 Å². The standard InChI is InChI=1S/C9H10ClN3O/c10-7-2-1-3-8(12-7)13-5-4-11-9(14)6-13/h1-3H,4-6H2,(H,11,14). The quantitative estimate of drug-likeness (QED) is 0.695. The minimum atomic E-state index is 0.0259. The van der Waals surface area contributed by atoms with Crippen molar-refractivity contribution in [1.82, 2.24) is 10.3 Å². The summed E-state index contributed by atoms with van der Waals surface area (Å²) in [4.78, 5) is 17.2. The van der Waals surface area contributed by atoms with Crippen molar-refractivity contribution in [3.05, 3.63) is 23.4 Å². The topological polar surface area (TPSA) is 45.2 Å². The third kappa shape index (κ3) is 1.96. The fourth-order valence-electron chi connectivity index (χ4n) is 1.41. The van der Waals surface area contributed by atoms with Gasteiger partial charge in [-0.3, -0.25) is 4.79 Å². The molecule has 1 aliphatic heterocycles. The van der Waals surface area contributed by atoms with Crippen LogP contribution in [0.2, 0.25) is 5.15 Å². The number of rotatable bonds is 1. The van der Waals surface area contributed by atoms with E-state index in [4.69, 9.17) is 11.6 Å². The summed E-state index contributed by atoms with van der Waals surface area (Å²) < 4.78 is 0. The molecule has 1 aromatic rings. The van der Waals surface area contributed by atoms with Crippen molar-refractivity contribution in [2.45, 2.75) is 0 Å². The molecule has 0 bridgehead atoms. The van der Waals surface area contributed by atoms with E-state index in [0.717, 1.165) is 12.4 Å². The zero-order chi connectivity index (χ0) is 9.97. The normalized spacial score (nSPS) is 16.6. The van der Waals surface area contributed by atoms with Crippen LogP contribution in [0.1, 0.15) is 0 Å². The first kappa shape index (κ1) is 9.27. The minimum absolute atomic E-state index is 0.0259. The highest BCUT2D eigenvalue weighted by atomic mass is 35.5. The lowest BCUT2D eigenvalue weighted by molar-refractivity contribution is -0.120. The number of anilines is 1. The number of carbonyl (C=O) groups is 1. The van der Waals surface area contributed by atoms with Crippen LogP contribution >= 0.6 is 11.6 Å². The van der Waals surface area contributed by atoms with Crippen molar-refractivity contribution in [3.8, 4) is 0 Å². The molecule has 0 saturated carbocycles. The van der Waals surface area contributed by atoms with Gasteiger partial charge in [-0.2, -0.15) is 0 Å². The van der Waals surface area contributed by atoms with E-state index in [2.05, 4.69) is 10.3 Å². The average Bonchev–Trinajstić information content (AvgIpc) is 2.18. The van der Waals surface area contributed by atoms with Gasteiger partial charge < -0.3 is 10.2 Å². The number of carbonyl (C=O) groups excluding carboxylic acids is 1. The molecule has 4 nitrogen and oxygen atoms in total. The van der Waals surface area contributed by atoms with Gasteiger partial charge in [-0.25, -0.2) is 4.98 Å². The van der Waals surface area contributed by atoms with Gasteiger partial charge in [-0.15, -0.1) is 0 Å². The van der Waals surface area contributed by atoms with Crippen molar-refractivity contribution >= 4 is 23.3 Å². The van der Waals surface area contributed by atoms with Crippen LogP contribution in [0, 0.1) is 0 Å². The van der Waals surface area contributed by atoms with E-state index in [1.54, 1.807) is 6.07 Å². The first-order valence-electron chi connectivity index (χ1n) is 4.40. The van der Waals surface area contributed by atoms with Crippen LogP contribution in [0.25, 0.3) is 0 Å². The number of hydrogen-bond acceptors (Lipinski definition) is 3. The van der Waals surface area contributed by atoms with E-state index in [1.165, 1.54) is 0 Å². The second-order valence-electron chi connectivity index (χ2n) is 3.09. The van der Waals surface area contributed by atoms with E-state index < -0.39 is 0 Å².